The highest BCUT2D eigenvalue weighted by Crippen LogP contribution is 2.12. The lowest BCUT2D eigenvalue weighted by atomic mass is 10.0. The first-order valence-electron chi connectivity index (χ1n) is 8.43. The van der Waals surface area contributed by atoms with Gasteiger partial charge in [0.1, 0.15) is 0 Å². The molecule has 0 saturated carbocycles. The van der Waals surface area contributed by atoms with Crippen LogP contribution in [0.25, 0.3) is 0 Å². The van der Waals surface area contributed by atoms with Crippen LogP contribution in [0.1, 0.15) is 96.8 Å². The molecule has 0 radical (unpaired) electrons. The summed E-state index contributed by atoms with van der Waals surface area (Å²) >= 11 is 0. The Hall–Kier alpha value is 0.880. The van der Waals surface area contributed by atoms with Crippen molar-refractivity contribution in [1.29, 1.82) is 0 Å². The van der Waals surface area contributed by atoms with E-state index in [-0.39, 0.29) is 34.0 Å². The van der Waals surface area contributed by atoms with E-state index in [0.717, 1.165) is 0 Å². The van der Waals surface area contributed by atoms with Gasteiger partial charge in [-0.1, -0.05) is 84.0 Å². The fraction of sp³-hybridized carbons (Fsp3) is 1.00. The molecule has 0 aromatic heterocycles. The van der Waals surface area contributed by atoms with Crippen LogP contribution in [-0.4, -0.2) is 6.17 Å². The summed E-state index contributed by atoms with van der Waals surface area (Å²) in [4.78, 5) is 0. The molecule has 0 aliphatic heterocycles. The van der Waals surface area contributed by atoms with E-state index in [2.05, 4.69) is 18.4 Å². The number of hydrogen-bond donors (Lipinski definition) is 2. The molecule has 0 rings (SSSR count). The maximum atomic E-state index is 3.92. The molecule has 0 saturated heterocycles. The van der Waals surface area contributed by atoms with Gasteiger partial charge >= 0.3 is 0 Å². The number of unbranched alkanes of at least 4 members (excludes halogenated alkanes) is 12. The molecule has 0 fully saturated rings. The summed E-state index contributed by atoms with van der Waals surface area (Å²) in [5.74, 6) is 0. The van der Waals surface area contributed by atoms with Gasteiger partial charge in [-0.3, -0.25) is 0 Å². The van der Waals surface area contributed by atoms with E-state index in [1.807, 2.05) is 0 Å². The lowest BCUT2D eigenvalue weighted by Crippen LogP contribution is -3.00. The van der Waals surface area contributed by atoms with Crippen LogP contribution >= 0.6 is 0 Å². The van der Waals surface area contributed by atoms with Crippen LogP contribution in [-0.2, 0) is 0 Å². The minimum absolute atomic E-state index is 0. The molecule has 0 unspecified atom stereocenters. The fourth-order valence-electron chi connectivity index (χ4n) is 2.45. The van der Waals surface area contributed by atoms with Crippen LogP contribution in [0.2, 0.25) is 0 Å². The van der Waals surface area contributed by atoms with E-state index in [1.165, 1.54) is 89.9 Å². The van der Waals surface area contributed by atoms with E-state index in [1.54, 1.807) is 0 Å². The molecule has 126 valence electrons. The van der Waals surface area contributed by atoms with Crippen LogP contribution in [0.5, 0.6) is 0 Å². The average molecular weight is 418 g/mol. The molecule has 0 aliphatic carbocycles. The lowest BCUT2D eigenvalue weighted by molar-refractivity contribution is -0.658. The smallest absolute Gasteiger partial charge is 0.207 e. The second-order valence-corrected chi connectivity index (χ2v) is 5.90. The zero-order chi connectivity index (χ0) is 13.5. The van der Waals surface area contributed by atoms with Gasteiger partial charge in [-0.2, -0.15) is 0 Å². The second-order valence-electron chi connectivity index (χ2n) is 5.90. The molecule has 4 heteroatoms. The van der Waals surface area contributed by atoms with Gasteiger partial charge in [0.25, 0.3) is 0 Å². The third-order valence-electron chi connectivity index (χ3n) is 3.72. The van der Waals surface area contributed by atoms with Gasteiger partial charge in [0, 0.05) is 0 Å². The van der Waals surface area contributed by atoms with Crippen molar-refractivity contribution in [1.82, 2.24) is 0 Å². The minimum Gasteiger partial charge on any atom is -1.00 e. The van der Waals surface area contributed by atoms with E-state index >= 15 is 0 Å². The molecule has 20 heavy (non-hydrogen) atoms. The summed E-state index contributed by atoms with van der Waals surface area (Å²) in [6, 6.07) is 0. The summed E-state index contributed by atoms with van der Waals surface area (Å²) in [5.41, 5.74) is 7.84. The average Bonchev–Trinajstić information content (AvgIpc) is 2.34. The highest BCUT2D eigenvalue weighted by atomic mass is 79.9. The Balaban J connectivity index is -0.00000144. The summed E-state index contributed by atoms with van der Waals surface area (Å²) in [6.45, 7) is 2.29. The molecule has 0 bridgehead atoms. The summed E-state index contributed by atoms with van der Waals surface area (Å²) in [7, 11) is 0. The van der Waals surface area contributed by atoms with E-state index < -0.39 is 0 Å². The Morgan fingerprint density at radius 1 is 0.550 bits per heavy atom. The topological polar surface area (TPSA) is 55.3 Å². The quantitative estimate of drug-likeness (QED) is 0.228. The number of hydrogen-bond acceptors (Lipinski definition) is 0. The Morgan fingerprint density at radius 3 is 1.15 bits per heavy atom. The first-order valence-corrected chi connectivity index (χ1v) is 8.43. The van der Waals surface area contributed by atoms with Crippen molar-refractivity contribution in [3.8, 4) is 0 Å². The van der Waals surface area contributed by atoms with Crippen LogP contribution in [0, 0.1) is 0 Å². The Morgan fingerprint density at radius 2 is 0.850 bits per heavy atom. The molecule has 0 aromatic carbocycles. The predicted molar refractivity (Wildman–Crippen MR) is 79.9 cm³/mol. The molecule has 0 aromatic rings. The van der Waals surface area contributed by atoms with Crippen molar-refractivity contribution in [3.63, 3.8) is 0 Å². The SMILES string of the molecule is CCCCCCCCCCCCCCCC([NH3+])[NH3+].[Br-].[Br-]. The first-order chi connectivity index (χ1) is 8.77. The molecule has 0 aliphatic rings. The molecule has 0 atom stereocenters. The minimum atomic E-state index is 0. The monoisotopic (exact) mass is 416 g/mol. The van der Waals surface area contributed by atoms with Gasteiger partial charge in [-0.15, -0.1) is 0 Å². The standard InChI is InChI=1S/C16H36N2.2BrH/c1-2-3-4-5-6-7-8-9-10-11-12-13-14-15-16(17)18;;/h16H,2-15,17-18H2,1H3;2*1H. The third-order valence-corrected chi connectivity index (χ3v) is 3.72. The molecule has 0 amide bonds. The van der Waals surface area contributed by atoms with Gasteiger partial charge in [-0.05, 0) is 6.42 Å². The van der Waals surface area contributed by atoms with Crippen LogP contribution < -0.4 is 45.4 Å². The van der Waals surface area contributed by atoms with Crippen LogP contribution in [0.4, 0.5) is 0 Å². The van der Waals surface area contributed by atoms with Crippen molar-refractivity contribution in [2.75, 3.05) is 0 Å². The number of quaternary nitrogens is 2. The normalized spacial score (nSPS) is 10.2. The number of rotatable bonds is 14. The first kappa shape index (κ1) is 25.8. The Kier molecular flexibility index (Phi) is 28.6. The maximum absolute atomic E-state index is 3.92. The molecule has 2 nitrogen and oxygen atoms in total. The van der Waals surface area contributed by atoms with Crippen LogP contribution in [0.3, 0.4) is 0 Å². The molecule has 6 N–H and O–H groups in total. The highest BCUT2D eigenvalue weighted by molar-refractivity contribution is 4.49. The van der Waals surface area contributed by atoms with E-state index in [9.17, 15) is 0 Å². The van der Waals surface area contributed by atoms with Crippen molar-refractivity contribution >= 4 is 0 Å². The largest absolute Gasteiger partial charge is 1.00 e. The lowest BCUT2D eigenvalue weighted by Gasteiger charge is -2.03. The van der Waals surface area contributed by atoms with Crippen molar-refractivity contribution in [3.05, 3.63) is 0 Å². The van der Waals surface area contributed by atoms with Gasteiger partial charge < -0.3 is 45.4 Å². The fourth-order valence-corrected chi connectivity index (χ4v) is 2.45. The highest BCUT2D eigenvalue weighted by Gasteiger charge is 1.99. The molecule has 0 heterocycles. The van der Waals surface area contributed by atoms with Gasteiger partial charge in [0.05, 0.1) is 6.42 Å². The van der Waals surface area contributed by atoms with Gasteiger partial charge in [0.2, 0.25) is 6.17 Å². The molecule has 0 spiro atoms. The van der Waals surface area contributed by atoms with Crippen LogP contribution in [0.15, 0.2) is 0 Å². The zero-order valence-corrected chi connectivity index (χ0v) is 16.8. The zero-order valence-electron chi connectivity index (χ0n) is 13.6. The maximum Gasteiger partial charge on any atom is 0.207 e. The Bertz CT molecular complexity index is 155. The molecular formula is C16H38Br2N2. The van der Waals surface area contributed by atoms with Crippen molar-refractivity contribution < 1.29 is 45.4 Å². The summed E-state index contributed by atoms with van der Waals surface area (Å²) in [6.07, 6.45) is 20.2. The second kappa shape index (κ2) is 22.2. The predicted octanol–water partition coefficient (Wildman–Crippen LogP) is -2.71. The van der Waals surface area contributed by atoms with Gasteiger partial charge in [-0.25, -0.2) is 0 Å². The Labute approximate surface area is 148 Å². The van der Waals surface area contributed by atoms with E-state index in [0.29, 0.717) is 6.17 Å². The van der Waals surface area contributed by atoms with Crippen molar-refractivity contribution in [2.45, 2.75) is 103 Å². The van der Waals surface area contributed by atoms with E-state index in [4.69, 9.17) is 0 Å². The number of halogens is 2. The summed E-state index contributed by atoms with van der Waals surface area (Å²) in [5, 5.41) is 0. The summed E-state index contributed by atoms with van der Waals surface area (Å²) < 4.78 is 0. The van der Waals surface area contributed by atoms with Crippen molar-refractivity contribution in [2.24, 2.45) is 0 Å². The third kappa shape index (κ3) is 23.9. The van der Waals surface area contributed by atoms with Gasteiger partial charge in [0.15, 0.2) is 0 Å². The molecular weight excluding hydrogens is 380 g/mol.